The average molecular weight is 394 g/mol. The van der Waals surface area contributed by atoms with Crippen molar-refractivity contribution in [1.29, 1.82) is 0 Å². The normalized spacial score (nSPS) is 27.1. The second kappa shape index (κ2) is 11.0. The Morgan fingerprint density at radius 1 is 0.880 bits per heavy atom. The molecule has 2 heterocycles. The van der Waals surface area contributed by atoms with E-state index < -0.39 is 0 Å². The Morgan fingerprint density at radius 2 is 1.56 bits per heavy atom. The fraction of sp³-hybridized carbons (Fsp3) is 0.947. The molecule has 4 nitrogen and oxygen atoms in total. The fourth-order valence-electron chi connectivity index (χ4n) is 4.99. The molecule has 1 aliphatic carbocycles. The van der Waals surface area contributed by atoms with Gasteiger partial charge in [0.25, 0.3) is 0 Å². The van der Waals surface area contributed by atoms with Gasteiger partial charge in [-0.25, -0.2) is 0 Å². The second-order valence-electron chi connectivity index (χ2n) is 8.15. The van der Waals surface area contributed by atoms with E-state index in [1.807, 2.05) is 0 Å². The first-order valence-corrected chi connectivity index (χ1v) is 9.94. The Kier molecular flexibility index (Phi) is 10.1. The monoisotopic (exact) mass is 393 g/mol. The first-order chi connectivity index (χ1) is 11.2. The van der Waals surface area contributed by atoms with Gasteiger partial charge in [0.1, 0.15) is 0 Å². The van der Waals surface area contributed by atoms with E-state index in [1.165, 1.54) is 64.5 Å². The Hall–Kier alpha value is -0.0300. The lowest BCUT2D eigenvalue weighted by atomic mass is 9.71. The molecule has 3 fully saturated rings. The van der Waals surface area contributed by atoms with Crippen LogP contribution in [0, 0.1) is 5.41 Å². The van der Waals surface area contributed by atoms with Gasteiger partial charge in [-0.2, -0.15) is 0 Å². The van der Waals surface area contributed by atoms with Crippen LogP contribution in [0.4, 0.5) is 0 Å². The predicted octanol–water partition coefficient (Wildman–Crippen LogP) is 3.61. The molecule has 0 aromatic rings. The van der Waals surface area contributed by atoms with Crippen LogP contribution in [0.5, 0.6) is 0 Å². The van der Waals surface area contributed by atoms with Crippen LogP contribution in [0.3, 0.4) is 0 Å². The SMILES string of the molecule is Cl.Cl.NCC1(CC(=O)N2CCCC(N3CCCC3)CC2)CCCCC1. The van der Waals surface area contributed by atoms with Crippen molar-refractivity contribution in [2.75, 3.05) is 32.7 Å². The zero-order chi connectivity index (χ0) is 16.1. The summed E-state index contributed by atoms with van der Waals surface area (Å²) >= 11 is 0. The summed E-state index contributed by atoms with van der Waals surface area (Å²) in [6.07, 6.45) is 13.1. The molecule has 6 heteroatoms. The summed E-state index contributed by atoms with van der Waals surface area (Å²) in [5.74, 6) is 0.374. The van der Waals surface area contributed by atoms with Gasteiger partial charge in [-0.3, -0.25) is 4.79 Å². The number of carbonyl (C=O) groups is 1. The summed E-state index contributed by atoms with van der Waals surface area (Å²) in [6.45, 7) is 5.15. The van der Waals surface area contributed by atoms with Gasteiger partial charge in [-0.15, -0.1) is 24.8 Å². The van der Waals surface area contributed by atoms with Crippen LogP contribution in [0.25, 0.3) is 0 Å². The van der Waals surface area contributed by atoms with E-state index in [1.54, 1.807) is 0 Å². The summed E-state index contributed by atoms with van der Waals surface area (Å²) in [5.41, 5.74) is 6.18. The summed E-state index contributed by atoms with van der Waals surface area (Å²) in [7, 11) is 0. The maximum Gasteiger partial charge on any atom is 0.223 e. The fourth-order valence-corrected chi connectivity index (χ4v) is 4.99. The Morgan fingerprint density at radius 3 is 2.20 bits per heavy atom. The molecule has 1 atom stereocenters. The van der Waals surface area contributed by atoms with Gasteiger partial charge in [-0.05, 0) is 70.0 Å². The Labute approximate surface area is 166 Å². The van der Waals surface area contributed by atoms with Crippen molar-refractivity contribution in [2.24, 2.45) is 11.1 Å². The van der Waals surface area contributed by atoms with E-state index >= 15 is 0 Å². The lowest BCUT2D eigenvalue weighted by Crippen LogP contribution is -2.41. The minimum atomic E-state index is 0. The number of nitrogens with zero attached hydrogens (tertiary/aromatic N) is 2. The first kappa shape index (κ1) is 23.0. The molecule has 3 rings (SSSR count). The smallest absolute Gasteiger partial charge is 0.223 e. The predicted molar refractivity (Wildman–Crippen MR) is 109 cm³/mol. The molecule has 0 aromatic carbocycles. The first-order valence-electron chi connectivity index (χ1n) is 9.94. The molecule has 0 aromatic heterocycles. The Balaban J connectivity index is 0.00000156. The number of amides is 1. The molecule has 1 unspecified atom stereocenters. The van der Waals surface area contributed by atoms with Crippen molar-refractivity contribution in [1.82, 2.24) is 9.80 Å². The van der Waals surface area contributed by atoms with E-state index in [0.717, 1.165) is 25.9 Å². The zero-order valence-corrected chi connectivity index (χ0v) is 17.2. The summed E-state index contributed by atoms with van der Waals surface area (Å²) in [4.78, 5) is 17.7. The van der Waals surface area contributed by atoms with E-state index in [0.29, 0.717) is 24.9 Å². The van der Waals surface area contributed by atoms with Gasteiger partial charge < -0.3 is 15.5 Å². The highest BCUT2D eigenvalue weighted by Crippen LogP contribution is 2.39. The molecule has 2 N–H and O–H groups in total. The standard InChI is InChI=1S/C19H35N3O.2ClH/c20-16-19(9-2-1-3-10-19)15-18(23)22-13-6-7-17(8-14-22)21-11-4-5-12-21;;/h17H,1-16,20H2;2*1H. The van der Waals surface area contributed by atoms with Crippen molar-refractivity contribution in [3.05, 3.63) is 0 Å². The van der Waals surface area contributed by atoms with Crippen molar-refractivity contribution in [3.8, 4) is 0 Å². The van der Waals surface area contributed by atoms with Crippen LogP contribution in [-0.2, 0) is 4.79 Å². The van der Waals surface area contributed by atoms with Crippen LogP contribution in [0.15, 0.2) is 0 Å². The maximum absolute atomic E-state index is 12.9. The maximum atomic E-state index is 12.9. The minimum Gasteiger partial charge on any atom is -0.343 e. The zero-order valence-electron chi connectivity index (χ0n) is 15.6. The number of likely N-dealkylation sites (tertiary alicyclic amines) is 2. The number of carbonyl (C=O) groups excluding carboxylic acids is 1. The molecule has 3 aliphatic rings. The molecule has 2 aliphatic heterocycles. The van der Waals surface area contributed by atoms with Gasteiger partial charge in [0, 0.05) is 25.6 Å². The third-order valence-electron chi connectivity index (χ3n) is 6.58. The number of nitrogens with two attached hydrogens (primary N) is 1. The van der Waals surface area contributed by atoms with Crippen molar-refractivity contribution in [2.45, 2.75) is 76.7 Å². The third kappa shape index (κ3) is 5.98. The second-order valence-corrected chi connectivity index (χ2v) is 8.15. The largest absolute Gasteiger partial charge is 0.343 e. The summed E-state index contributed by atoms with van der Waals surface area (Å²) < 4.78 is 0. The van der Waals surface area contributed by atoms with Crippen LogP contribution >= 0.6 is 24.8 Å². The van der Waals surface area contributed by atoms with Crippen LogP contribution in [-0.4, -0.2) is 54.5 Å². The van der Waals surface area contributed by atoms with Gasteiger partial charge in [-0.1, -0.05) is 19.3 Å². The highest BCUT2D eigenvalue weighted by Gasteiger charge is 2.35. The number of hydrogen-bond acceptors (Lipinski definition) is 3. The molecular formula is C19H37Cl2N3O. The van der Waals surface area contributed by atoms with Crippen molar-refractivity contribution >= 4 is 30.7 Å². The van der Waals surface area contributed by atoms with Gasteiger partial charge >= 0.3 is 0 Å². The van der Waals surface area contributed by atoms with E-state index in [2.05, 4.69) is 9.80 Å². The summed E-state index contributed by atoms with van der Waals surface area (Å²) in [6, 6.07) is 0.716. The van der Waals surface area contributed by atoms with Gasteiger partial charge in [0.05, 0.1) is 0 Å². The van der Waals surface area contributed by atoms with Crippen LogP contribution in [0.2, 0.25) is 0 Å². The molecule has 1 saturated carbocycles. The lowest BCUT2D eigenvalue weighted by molar-refractivity contribution is -0.134. The number of halogens is 2. The number of rotatable bonds is 4. The van der Waals surface area contributed by atoms with Gasteiger partial charge in [0.2, 0.25) is 5.91 Å². The van der Waals surface area contributed by atoms with Crippen molar-refractivity contribution in [3.63, 3.8) is 0 Å². The minimum absolute atomic E-state index is 0. The highest BCUT2D eigenvalue weighted by atomic mass is 35.5. The topological polar surface area (TPSA) is 49.6 Å². The molecular weight excluding hydrogens is 357 g/mol. The molecule has 0 spiro atoms. The van der Waals surface area contributed by atoms with E-state index in [4.69, 9.17) is 5.73 Å². The lowest BCUT2D eigenvalue weighted by Gasteiger charge is -2.37. The molecule has 1 amide bonds. The quantitative estimate of drug-likeness (QED) is 0.793. The highest BCUT2D eigenvalue weighted by molar-refractivity contribution is 5.85. The molecule has 2 saturated heterocycles. The van der Waals surface area contributed by atoms with Crippen LogP contribution in [0.1, 0.15) is 70.6 Å². The summed E-state index contributed by atoms with van der Waals surface area (Å²) in [5, 5.41) is 0. The van der Waals surface area contributed by atoms with E-state index in [-0.39, 0.29) is 30.2 Å². The Bertz CT molecular complexity index is 396. The third-order valence-corrected chi connectivity index (χ3v) is 6.58. The van der Waals surface area contributed by atoms with Crippen molar-refractivity contribution < 1.29 is 4.79 Å². The molecule has 25 heavy (non-hydrogen) atoms. The molecule has 148 valence electrons. The van der Waals surface area contributed by atoms with Crippen LogP contribution < -0.4 is 5.73 Å². The molecule has 0 radical (unpaired) electrons. The number of hydrogen-bond donors (Lipinski definition) is 1. The van der Waals surface area contributed by atoms with E-state index in [9.17, 15) is 4.79 Å². The van der Waals surface area contributed by atoms with Gasteiger partial charge in [0.15, 0.2) is 0 Å². The average Bonchev–Trinajstić information content (AvgIpc) is 3.00. The molecule has 0 bridgehead atoms.